The van der Waals surface area contributed by atoms with Crippen molar-refractivity contribution in [1.29, 1.82) is 0 Å². The normalized spacial score (nSPS) is 11.3. The number of nitrogens with one attached hydrogen (secondary N) is 1. The second-order valence-electron chi connectivity index (χ2n) is 5.64. The molecule has 0 saturated heterocycles. The summed E-state index contributed by atoms with van der Waals surface area (Å²) in [6.45, 7) is 14.0. The third-order valence-corrected chi connectivity index (χ3v) is 2.69. The van der Waals surface area contributed by atoms with Gasteiger partial charge in [0.15, 0.2) is 0 Å². The van der Waals surface area contributed by atoms with E-state index in [1.807, 2.05) is 12.1 Å². The average molecular weight is 247 g/mol. The lowest BCUT2D eigenvalue weighted by Crippen LogP contribution is -2.35. The summed E-state index contributed by atoms with van der Waals surface area (Å²) in [7, 11) is 0. The third-order valence-electron chi connectivity index (χ3n) is 2.69. The molecule has 100 valence electrons. The Morgan fingerprint density at radius 1 is 1.22 bits per heavy atom. The maximum Gasteiger partial charge on any atom is 0.119 e. The molecule has 1 rings (SSSR count). The van der Waals surface area contributed by atoms with Crippen LogP contribution >= 0.6 is 0 Å². The fourth-order valence-corrected chi connectivity index (χ4v) is 1.36. The van der Waals surface area contributed by atoms with Crippen molar-refractivity contribution in [2.45, 2.75) is 46.2 Å². The van der Waals surface area contributed by atoms with E-state index in [-0.39, 0.29) is 5.54 Å². The number of benzene rings is 1. The van der Waals surface area contributed by atoms with E-state index in [9.17, 15) is 0 Å². The van der Waals surface area contributed by atoms with Gasteiger partial charge in [-0.3, -0.25) is 0 Å². The largest absolute Gasteiger partial charge is 0.489 e. The average Bonchev–Trinajstić information content (AvgIpc) is 2.33. The summed E-state index contributed by atoms with van der Waals surface area (Å²) in [6, 6.07) is 8.23. The van der Waals surface area contributed by atoms with E-state index in [0.29, 0.717) is 6.61 Å². The van der Waals surface area contributed by atoms with Gasteiger partial charge in [-0.1, -0.05) is 25.6 Å². The van der Waals surface area contributed by atoms with Gasteiger partial charge in [-0.2, -0.15) is 0 Å². The van der Waals surface area contributed by atoms with Gasteiger partial charge >= 0.3 is 0 Å². The van der Waals surface area contributed by atoms with Crippen molar-refractivity contribution in [3.05, 3.63) is 42.0 Å². The van der Waals surface area contributed by atoms with E-state index >= 15 is 0 Å². The van der Waals surface area contributed by atoms with Gasteiger partial charge in [-0.15, -0.1) is 0 Å². The predicted molar refractivity (Wildman–Crippen MR) is 78.0 cm³/mol. The van der Waals surface area contributed by atoms with Crippen molar-refractivity contribution < 1.29 is 4.74 Å². The molecule has 0 heterocycles. The van der Waals surface area contributed by atoms with E-state index in [1.54, 1.807) is 0 Å². The minimum absolute atomic E-state index is 0.147. The summed E-state index contributed by atoms with van der Waals surface area (Å²) in [5.74, 6) is 0.907. The molecule has 0 spiro atoms. The summed E-state index contributed by atoms with van der Waals surface area (Å²) < 4.78 is 5.64. The number of hydrogen-bond donors (Lipinski definition) is 1. The first-order chi connectivity index (χ1) is 8.40. The maximum absolute atomic E-state index is 5.64. The highest BCUT2D eigenvalue weighted by molar-refractivity contribution is 5.27. The molecule has 0 aliphatic rings. The first kappa shape index (κ1) is 14.8. The molecule has 0 radical (unpaired) electrons. The fourth-order valence-electron chi connectivity index (χ4n) is 1.36. The Hall–Kier alpha value is -1.28. The first-order valence-electron chi connectivity index (χ1n) is 6.54. The van der Waals surface area contributed by atoms with Gasteiger partial charge in [0.1, 0.15) is 12.4 Å². The highest BCUT2D eigenvalue weighted by Crippen LogP contribution is 2.14. The Balaban J connectivity index is 2.45. The molecular weight excluding hydrogens is 222 g/mol. The smallest absolute Gasteiger partial charge is 0.119 e. The Kier molecular flexibility index (Phi) is 5.42. The molecule has 2 nitrogen and oxygen atoms in total. The van der Waals surface area contributed by atoms with Crippen molar-refractivity contribution in [2.24, 2.45) is 0 Å². The van der Waals surface area contributed by atoms with E-state index in [4.69, 9.17) is 4.74 Å². The van der Waals surface area contributed by atoms with Crippen LogP contribution in [0.25, 0.3) is 0 Å². The van der Waals surface area contributed by atoms with E-state index in [2.05, 4.69) is 51.7 Å². The van der Waals surface area contributed by atoms with Crippen LogP contribution in [0, 0.1) is 0 Å². The summed E-state index contributed by atoms with van der Waals surface area (Å²) in [5.41, 5.74) is 2.54. The second-order valence-corrected chi connectivity index (χ2v) is 5.64. The zero-order valence-electron chi connectivity index (χ0n) is 12.0. The van der Waals surface area contributed by atoms with Crippen molar-refractivity contribution >= 4 is 0 Å². The fraction of sp³-hybridized carbons (Fsp3) is 0.500. The molecule has 0 aliphatic carbocycles. The lowest BCUT2D eigenvalue weighted by atomic mass is 10.1. The minimum atomic E-state index is 0.147. The Labute approximate surface area is 111 Å². The highest BCUT2D eigenvalue weighted by Gasteiger charge is 2.08. The molecule has 0 aliphatic heterocycles. The molecule has 1 aromatic carbocycles. The Morgan fingerprint density at radius 2 is 1.83 bits per heavy atom. The lowest BCUT2D eigenvalue weighted by Gasteiger charge is -2.20. The van der Waals surface area contributed by atoms with Crippen LogP contribution in [0.3, 0.4) is 0 Å². The monoisotopic (exact) mass is 247 g/mol. The standard InChI is InChI=1S/C16H25NO/c1-6-13(2)12-18-15-9-7-14(8-10-15)11-17-16(3,4)5/h7-10,17H,2,6,11-12H2,1,3-5H3. The molecule has 0 atom stereocenters. The molecule has 0 amide bonds. The summed E-state index contributed by atoms with van der Waals surface area (Å²) in [4.78, 5) is 0. The Bertz CT molecular complexity index is 373. The third kappa shape index (κ3) is 5.87. The topological polar surface area (TPSA) is 21.3 Å². The van der Waals surface area contributed by atoms with Gasteiger partial charge in [-0.25, -0.2) is 0 Å². The van der Waals surface area contributed by atoms with Crippen molar-refractivity contribution in [3.8, 4) is 5.75 Å². The maximum atomic E-state index is 5.64. The van der Waals surface area contributed by atoms with Crippen molar-refractivity contribution in [3.63, 3.8) is 0 Å². The van der Waals surface area contributed by atoms with Gasteiger partial charge < -0.3 is 10.1 Å². The van der Waals surface area contributed by atoms with Crippen LogP contribution in [0.1, 0.15) is 39.7 Å². The van der Waals surface area contributed by atoms with Gasteiger partial charge in [0.05, 0.1) is 0 Å². The zero-order chi connectivity index (χ0) is 13.6. The number of rotatable bonds is 6. The quantitative estimate of drug-likeness (QED) is 0.769. The van der Waals surface area contributed by atoms with E-state index in [0.717, 1.165) is 24.3 Å². The van der Waals surface area contributed by atoms with E-state index in [1.165, 1.54) is 5.56 Å². The van der Waals surface area contributed by atoms with Crippen LogP contribution < -0.4 is 10.1 Å². The first-order valence-corrected chi connectivity index (χ1v) is 6.54. The van der Waals surface area contributed by atoms with Crippen molar-refractivity contribution in [2.75, 3.05) is 6.61 Å². The molecule has 1 aromatic rings. The minimum Gasteiger partial charge on any atom is -0.489 e. The molecular formula is C16H25NO. The van der Waals surface area contributed by atoms with Crippen LogP contribution in [-0.4, -0.2) is 12.1 Å². The van der Waals surface area contributed by atoms with Crippen LogP contribution in [0.2, 0.25) is 0 Å². The predicted octanol–water partition coefficient (Wildman–Crippen LogP) is 3.92. The van der Waals surface area contributed by atoms with Gasteiger partial charge in [0.2, 0.25) is 0 Å². The molecule has 18 heavy (non-hydrogen) atoms. The molecule has 0 aromatic heterocycles. The molecule has 0 unspecified atom stereocenters. The van der Waals surface area contributed by atoms with Crippen LogP contribution in [-0.2, 0) is 6.54 Å². The zero-order valence-corrected chi connectivity index (χ0v) is 12.0. The van der Waals surface area contributed by atoms with Crippen LogP contribution in [0.4, 0.5) is 0 Å². The molecule has 1 N–H and O–H groups in total. The van der Waals surface area contributed by atoms with Crippen LogP contribution in [0.15, 0.2) is 36.4 Å². The summed E-state index contributed by atoms with van der Waals surface area (Å²) in [5, 5.41) is 3.46. The van der Waals surface area contributed by atoms with E-state index < -0.39 is 0 Å². The summed E-state index contributed by atoms with van der Waals surface area (Å²) in [6.07, 6.45) is 0.966. The molecule has 2 heteroatoms. The molecule has 0 bridgehead atoms. The highest BCUT2D eigenvalue weighted by atomic mass is 16.5. The Morgan fingerprint density at radius 3 is 2.33 bits per heavy atom. The van der Waals surface area contributed by atoms with Crippen LogP contribution in [0.5, 0.6) is 5.75 Å². The van der Waals surface area contributed by atoms with Gasteiger partial charge in [0, 0.05) is 12.1 Å². The second kappa shape index (κ2) is 6.60. The van der Waals surface area contributed by atoms with Crippen molar-refractivity contribution in [1.82, 2.24) is 5.32 Å². The summed E-state index contributed by atoms with van der Waals surface area (Å²) >= 11 is 0. The lowest BCUT2D eigenvalue weighted by molar-refractivity contribution is 0.349. The van der Waals surface area contributed by atoms with Gasteiger partial charge in [0.25, 0.3) is 0 Å². The number of ether oxygens (including phenoxy) is 1. The molecule has 0 fully saturated rings. The SMILES string of the molecule is C=C(CC)COc1ccc(CNC(C)(C)C)cc1. The van der Waals surface area contributed by atoms with Gasteiger partial charge in [-0.05, 0) is 50.5 Å². The molecule has 0 saturated carbocycles. The number of hydrogen-bond acceptors (Lipinski definition) is 2.